The highest BCUT2D eigenvalue weighted by molar-refractivity contribution is 6.32. The summed E-state index contributed by atoms with van der Waals surface area (Å²) in [6.45, 7) is 0. The summed E-state index contributed by atoms with van der Waals surface area (Å²) < 4.78 is 10.3. The molecular weight excluding hydrogens is 254 g/mol. The number of oxazole rings is 1. The lowest BCUT2D eigenvalue weighted by Gasteiger charge is -1.93. The number of carbonyl (C=O) groups is 1. The highest BCUT2D eigenvalue weighted by Crippen LogP contribution is 2.20. The number of Topliss-reactive ketones (excluding diaryl/α,β-unsaturated/α-hetero) is 1. The molecule has 2 aromatic heterocycles. The van der Waals surface area contributed by atoms with Crippen molar-refractivity contribution in [2.75, 3.05) is 0 Å². The lowest BCUT2D eigenvalue weighted by molar-refractivity contribution is 0.0985. The highest BCUT2D eigenvalue weighted by Gasteiger charge is 2.16. The molecule has 1 aromatic carbocycles. The molecule has 18 heavy (non-hydrogen) atoms. The summed E-state index contributed by atoms with van der Waals surface area (Å²) in [4.78, 5) is 16.2. The fourth-order valence-corrected chi connectivity index (χ4v) is 1.94. The predicted octanol–water partition coefficient (Wildman–Crippen LogP) is 3.50. The first-order chi connectivity index (χ1) is 8.74. The van der Waals surface area contributed by atoms with Gasteiger partial charge in [0, 0.05) is 0 Å². The van der Waals surface area contributed by atoms with Crippen LogP contribution < -0.4 is 0 Å². The van der Waals surface area contributed by atoms with Gasteiger partial charge >= 0.3 is 0 Å². The molecule has 0 saturated carbocycles. The Morgan fingerprint density at radius 2 is 2.11 bits per heavy atom. The lowest BCUT2D eigenvalue weighted by atomic mass is 10.1. The largest absolute Gasteiger partial charge is 0.452 e. The Morgan fingerprint density at radius 1 is 1.28 bits per heavy atom. The number of halogens is 1. The molecule has 0 unspecified atom stereocenters. The molecule has 0 atom stereocenters. The number of para-hydroxylation sites is 2. The Hall–Kier alpha value is -2.07. The summed E-state index contributed by atoms with van der Waals surface area (Å²) in [6.07, 6.45) is 1.44. The zero-order valence-corrected chi connectivity index (χ0v) is 9.98. The average Bonchev–Trinajstić information content (AvgIpc) is 2.94. The van der Waals surface area contributed by atoms with E-state index in [4.69, 9.17) is 20.4 Å². The summed E-state index contributed by atoms with van der Waals surface area (Å²) in [5.74, 6) is 0.193. The van der Waals surface area contributed by atoms with Gasteiger partial charge in [0.25, 0.3) is 0 Å². The lowest BCUT2D eigenvalue weighted by Crippen LogP contribution is -2.02. The topological polar surface area (TPSA) is 56.2 Å². The molecule has 4 nitrogen and oxygen atoms in total. The van der Waals surface area contributed by atoms with Crippen molar-refractivity contribution in [1.29, 1.82) is 0 Å². The van der Waals surface area contributed by atoms with Crippen molar-refractivity contribution in [2.24, 2.45) is 0 Å². The second kappa shape index (κ2) is 4.31. The first-order valence-electron chi connectivity index (χ1n) is 5.34. The van der Waals surface area contributed by atoms with Crippen LogP contribution in [-0.2, 0) is 6.42 Å². The van der Waals surface area contributed by atoms with Crippen LogP contribution in [0.5, 0.6) is 0 Å². The van der Waals surface area contributed by atoms with Crippen molar-refractivity contribution in [3.05, 3.63) is 53.3 Å². The zero-order chi connectivity index (χ0) is 12.5. The van der Waals surface area contributed by atoms with E-state index in [0.717, 1.165) is 5.52 Å². The SMILES string of the molecule is O=C(Cc1nc2ccccc2o1)c1ccoc1Cl. The standard InChI is InChI=1S/C13H8ClNO3/c14-13-8(5-6-17-13)10(16)7-12-15-9-3-1-2-4-11(9)18-12/h1-6H,7H2. The van der Waals surface area contributed by atoms with E-state index in [1.807, 2.05) is 18.2 Å². The van der Waals surface area contributed by atoms with Crippen LogP contribution in [0.3, 0.4) is 0 Å². The smallest absolute Gasteiger partial charge is 0.203 e. The zero-order valence-electron chi connectivity index (χ0n) is 9.22. The number of furan rings is 1. The van der Waals surface area contributed by atoms with Crippen molar-refractivity contribution in [3.8, 4) is 0 Å². The first-order valence-corrected chi connectivity index (χ1v) is 5.72. The summed E-state index contributed by atoms with van der Waals surface area (Å²) in [5, 5.41) is 0.0936. The maximum Gasteiger partial charge on any atom is 0.203 e. The van der Waals surface area contributed by atoms with E-state index in [9.17, 15) is 4.79 Å². The van der Waals surface area contributed by atoms with Crippen LogP contribution in [0, 0.1) is 0 Å². The molecule has 0 fully saturated rings. The maximum atomic E-state index is 11.9. The number of hydrogen-bond donors (Lipinski definition) is 0. The molecule has 0 spiro atoms. The molecule has 0 N–H and O–H groups in total. The minimum Gasteiger partial charge on any atom is -0.452 e. The van der Waals surface area contributed by atoms with Gasteiger partial charge in [-0.2, -0.15) is 0 Å². The first kappa shape index (κ1) is 11.0. The monoisotopic (exact) mass is 261 g/mol. The van der Waals surface area contributed by atoms with Crippen molar-refractivity contribution in [3.63, 3.8) is 0 Å². The third-order valence-corrected chi connectivity index (χ3v) is 2.86. The maximum absolute atomic E-state index is 11.9. The van der Waals surface area contributed by atoms with Gasteiger partial charge in [-0.15, -0.1) is 0 Å². The van der Waals surface area contributed by atoms with Crippen molar-refractivity contribution in [2.45, 2.75) is 6.42 Å². The summed E-state index contributed by atoms with van der Waals surface area (Å²) in [7, 11) is 0. The molecule has 0 aliphatic rings. The van der Waals surface area contributed by atoms with Gasteiger partial charge in [-0.05, 0) is 29.8 Å². The number of nitrogens with zero attached hydrogens (tertiary/aromatic N) is 1. The fraction of sp³-hybridized carbons (Fsp3) is 0.0769. The summed E-state index contributed by atoms with van der Waals surface area (Å²) in [5.41, 5.74) is 1.75. The van der Waals surface area contributed by atoms with Crippen LogP contribution in [0.2, 0.25) is 5.22 Å². The van der Waals surface area contributed by atoms with E-state index in [1.54, 1.807) is 6.07 Å². The molecule has 0 saturated heterocycles. The van der Waals surface area contributed by atoms with Gasteiger partial charge in [0.1, 0.15) is 5.52 Å². The van der Waals surface area contributed by atoms with E-state index in [0.29, 0.717) is 17.0 Å². The Balaban J connectivity index is 1.88. The third-order valence-electron chi connectivity index (χ3n) is 2.57. The number of carbonyl (C=O) groups excluding carboxylic acids is 1. The van der Waals surface area contributed by atoms with E-state index >= 15 is 0 Å². The summed E-state index contributed by atoms with van der Waals surface area (Å²) >= 11 is 5.74. The van der Waals surface area contributed by atoms with Gasteiger partial charge < -0.3 is 8.83 Å². The fourth-order valence-electron chi connectivity index (χ4n) is 1.72. The molecule has 90 valence electrons. The van der Waals surface area contributed by atoms with Gasteiger partial charge in [-0.3, -0.25) is 4.79 Å². The molecule has 0 bridgehead atoms. The van der Waals surface area contributed by atoms with Crippen LogP contribution in [0.15, 0.2) is 45.4 Å². The third kappa shape index (κ3) is 1.91. The number of hydrogen-bond acceptors (Lipinski definition) is 4. The number of aromatic nitrogens is 1. The molecule has 0 radical (unpaired) electrons. The number of benzene rings is 1. The van der Waals surface area contributed by atoms with Crippen LogP contribution in [0.1, 0.15) is 16.2 Å². The van der Waals surface area contributed by atoms with Crippen LogP contribution in [0.25, 0.3) is 11.1 Å². The van der Waals surface area contributed by atoms with E-state index in [-0.39, 0.29) is 17.4 Å². The molecule has 2 heterocycles. The Morgan fingerprint density at radius 3 is 2.83 bits per heavy atom. The van der Waals surface area contributed by atoms with Gasteiger partial charge in [0.05, 0.1) is 18.2 Å². The van der Waals surface area contributed by atoms with Crippen molar-refractivity contribution < 1.29 is 13.6 Å². The molecule has 3 rings (SSSR count). The molecular formula is C13H8ClNO3. The second-order valence-electron chi connectivity index (χ2n) is 3.78. The Labute approximate surface area is 107 Å². The van der Waals surface area contributed by atoms with Crippen LogP contribution in [-0.4, -0.2) is 10.8 Å². The van der Waals surface area contributed by atoms with E-state index < -0.39 is 0 Å². The number of fused-ring (bicyclic) bond motifs is 1. The normalized spacial score (nSPS) is 10.9. The Bertz CT molecular complexity index is 681. The molecule has 0 aliphatic heterocycles. The van der Waals surface area contributed by atoms with Gasteiger partial charge in [0.15, 0.2) is 11.4 Å². The van der Waals surface area contributed by atoms with Gasteiger partial charge in [-0.25, -0.2) is 4.98 Å². The second-order valence-corrected chi connectivity index (χ2v) is 4.13. The van der Waals surface area contributed by atoms with E-state index in [2.05, 4.69) is 4.98 Å². The van der Waals surface area contributed by atoms with E-state index in [1.165, 1.54) is 12.3 Å². The Kier molecular flexibility index (Phi) is 2.64. The van der Waals surface area contributed by atoms with Gasteiger partial charge in [-0.1, -0.05) is 12.1 Å². The van der Waals surface area contributed by atoms with Crippen LogP contribution >= 0.6 is 11.6 Å². The molecule has 5 heteroatoms. The minimum absolute atomic E-state index is 0.0634. The molecule has 0 aliphatic carbocycles. The van der Waals surface area contributed by atoms with Gasteiger partial charge in [0.2, 0.25) is 11.1 Å². The number of rotatable bonds is 3. The minimum atomic E-state index is -0.180. The summed E-state index contributed by atoms with van der Waals surface area (Å²) in [6, 6.07) is 8.89. The molecule has 3 aromatic rings. The van der Waals surface area contributed by atoms with Crippen molar-refractivity contribution >= 4 is 28.5 Å². The predicted molar refractivity (Wildman–Crippen MR) is 65.8 cm³/mol. The molecule has 0 amide bonds. The highest BCUT2D eigenvalue weighted by atomic mass is 35.5. The number of ketones is 1. The average molecular weight is 262 g/mol. The quantitative estimate of drug-likeness (QED) is 0.677. The van der Waals surface area contributed by atoms with Crippen LogP contribution in [0.4, 0.5) is 0 Å². The van der Waals surface area contributed by atoms with Crippen molar-refractivity contribution in [1.82, 2.24) is 4.98 Å².